The highest BCUT2D eigenvalue weighted by molar-refractivity contribution is 7.89. The second-order valence-electron chi connectivity index (χ2n) is 5.64. The maximum atomic E-state index is 12.0. The highest BCUT2D eigenvalue weighted by atomic mass is 32.2. The predicted octanol–water partition coefficient (Wildman–Crippen LogP) is 2.22. The molecule has 5 nitrogen and oxygen atoms in total. The van der Waals surface area contributed by atoms with Gasteiger partial charge >= 0.3 is 0 Å². The molecule has 1 rings (SSSR count). The van der Waals surface area contributed by atoms with E-state index in [-0.39, 0.29) is 4.90 Å². The summed E-state index contributed by atoms with van der Waals surface area (Å²) in [5, 5.41) is 3.27. The molecule has 0 aliphatic carbocycles. The van der Waals surface area contributed by atoms with Gasteiger partial charge in [-0.1, -0.05) is 20.8 Å². The van der Waals surface area contributed by atoms with Crippen LogP contribution in [0.5, 0.6) is 0 Å². The van der Waals surface area contributed by atoms with Crippen molar-refractivity contribution >= 4 is 21.4 Å². The van der Waals surface area contributed by atoms with E-state index in [0.717, 1.165) is 12.2 Å². The Hall–Kier alpha value is -1.27. The van der Waals surface area contributed by atoms with Gasteiger partial charge in [0.1, 0.15) is 0 Å². The lowest BCUT2D eigenvalue weighted by molar-refractivity contribution is 0.440. The Kier molecular flexibility index (Phi) is 5.42. The minimum atomic E-state index is -3.44. The Balaban J connectivity index is 2.90. The second kappa shape index (κ2) is 6.45. The van der Waals surface area contributed by atoms with Crippen LogP contribution in [0, 0.1) is 11.8 Å². The van der Waals surface area contributed by atoms with Gasteiger partial charge in [-0.05, 0) is 30.0 Å². The fourth-order valence-corrected chi connectivity index (χ4v) is 2.52. The van der Waals surface area contributed by atoms with E-state index in [1.165, 1.54) is 24.5 Å². The standard InChI is InChI=1S/C14H25N3O2S/c1-10(2)11(3)9-16-14-7-6-12(8-13(14)15)20(18,19)17(4)5/h6-8,10-11,16H,9,15H2,1-5H3. The Labute approximate surface area is 122 Å². The summed E-state index contributed by atoms with van der Waals surface area (Å²) in [7, 11) is -0.431. The Morgan fingerprint density at radius 1 is 1.25 bits per heavy atom. The lowest BCUT2D eigenvalue weighted by Gasteiger charge is -2.18. The number of nitrogen functional groups attached to an aromatic ring is 1. The first-order valence-corrected chi connectivity index (χ1v) is 8.16. The number of rotatable bonds is 6. The molecular weight excluding hydrogens is 274 g/mol. The van der Waals surface area contributed by atoms with Crippen molar-refractivity contribution in [1.82, 2.24) is 4.31 Å². The van der Waals surface area contributed by atoms with Crippen molar-refractivity contribution in [2.45, 2.75) is 25.7 Å². The van der Waals surface area contributed by atoms with Gasteiger partial charge in [-0.15, -0.1) is 0 Å². The zero-order valence-electron chi connectivity index (χ0n) is 12.8. The van der Waals surface area contributed by atoms with E-state index in [1.807, 2.05) is 0 Å². The monoisotopic (exact) mass is 299 g/mol. The van der Waals surface area contributed by atoms with Gasteiger partial charge in [-0.2, -0.15) is 0 Å². The van der Waals surface area contributed by atoms with Crippen molar-refractivity contribution in [3.8, 4) is 0 Å². The lowest BCUT2D eigenvalue weighted by Crippen LogP contribution is -2.22. The fraction of sp³-hybridized carbons (Fsp3) is 0.571. The molecule has 0 amide bonds. The third-order valence-electron chi connectivity index (χ3n) is 3.55. The Morgan fingerprint density at radius 2 is 1.85 bits per heavy atom. The molecule has 0 radical (unpaired) electrons. The summed E-state index contributed by atoms with van der Waals surface area (Å²) < 4.78 is 25.2. The summed E-state index contributed by atoms with van der Waals surface area (Å²) in [6.07, 6.45) is 0. The van der Waals surface area contributed by atoms with E-state index < -0.39 is 10.0 Å². The molecule has 0 fully saturated rings. The number of nitrogens with one attached hydrogen (secondary N) is 1. The summed E-state index contributed by atoms with van der Waals surface area (Å²) >= 11 is 0. The smallest absolute Gasteiger partial charge is 0.242 e. The van der Waals surface area contributed by atoms with Crippen LogP contribution in [0.15, 0.2) is 23.1 Å². The summed E-state index contributed by atoms with van der Waals surface area (Å²) in [6.45, 7) is 7.31. The molecule has 1 aromatic rings. The molecule has 0 bridgehead atoms. The zero-order chi connectivity index (χ0) is 15.5. The number of benzene rings is 1. The maximum Gasteiger partial charge on any atom is 0.242 e. The van der Waals surface area contributed by atoms with Crippen molar-refractivity contribution in [3.63, 3.8) is 0 Å². The van der Waals surface area contributed by atoms with Crippen LogP contribution in [0.1, 0.15) is 20.8 Å². The quantitative estimate of drug-likeness (QED) is 0.790. The molecule has 1 unspecified atom stereocenters. The lowest BCUT2D eigenvalue weighted by atomic mass is 9.98. The van der Waals surface area contributed by atoms with Gasteiger partial charge in [0.2, 0.25) is 10.0 Å². The molecule has 0 aliphatic rings. The molecule has 1 atom stereocenters. The highest BCUT2D eigenvalue weighted by Gasteiger charge is 2.18. The SMILES string of the molecule is CC(C)C(C)CNc1ccc(S(=O)(=O)N(C)C)cc1N. The van der Waals surface area contributed by atoms with E-state index in [2.05, 4.69) is 26.1 Å². The number of hydrogen-bond donors (Lipinski definition) is 2. The Bertz CT molecular complexity index is 554. The van der Waals surface area contributed by atoms with Crippen molar-refractivity contribution in [2.75, 3.05) is 31.7 Å². The van der Waals surface area contributed by atoms with E-state index in [4.69, 9.17) is 5.73 Å². The molecule has 0 spiro atoms. The molecule has 1 aromatic carbocycles. The molecule has 0 saturated heterocycles. The molecule has 114 valence electrons. The summed E-state index contributed by atoms with van der Waals surface area (Å²) in [6, 6.07) is 4.80. The van der Waals surface area contributed by atoms with Crippen LogP contribution < -0.4 is 11.1 Å². The number of sulfonamides is 1. The van der Waals surface area contributed by atoms with Crippen LogP contribution in [0.3, 0.4) is 0 Å². The van der Waals surface area contributed by atoms with E-state index >= 15 is 0 Å². The number of hydrogen-bond acceptors (Lipinski definition) is 4. The molecule has 6 heteroatoms. The van der Waals surface area contributed by atoms with Gasteiger partial charge in [0, 0.05) is 20.6 Å². The predicted molar refractivity (Wildman–Crippen MR) is 84.2 cm³/mol. The zero-order valence-corrected chi connectivity index (χ0v) is 13.7. The van der Waals surface area contributed by atoms with Crippen molar-refractivity contribution in [1.29, 1.82) is 0 Å². The first kappa shape index (κ1) is 16.8. The third-order valence-corrected chi connectivity index (χ3v) is 5.37. The van der Waals surface area contributed by atoms with E-state index in [1.54, 1.807) is 12.1 Å². The molecule has 0 aliphatic heterocycles. The van der Waals surface area contributed by atoms with Crippen LogP contribution >= 0.6 is 0 Å². The van der Waals surface area contributed by atoms with Crippen LogP contribution in [0.2, 0.25) is 0 Å². The van der Waals surface area contributed by atoms with E-state index in [9.17, 15) is 8.42 Å². The van der Waals surface area contributed by atoms with Gasteiger partial charge in [0.15, 0.2) is 0 Å². The van der Waals surface area contributed by atoms with Gasteiger partial charge in [-0.25, -0.2) is 12.7 Å². The van der Waals surface area contributed by atoms with Crippen molar-refractivity contribution < 1.29 is 8.42 Å². The van der Waals surface area contributed by atoms with Crippen LogP contribution in [0.4, 0.5) is 11.4 Å². The molecule has 20 heavy (non-hydrogen) atoms. The minimum Gasteiger partial charge on any atom is -0.397 e. The average molecular weight is 299 g/mol. The number of anilines is 2. The highest BCUT2D eigenvalue weighted by Crippen LogP contribution is 2.24. The third kappa shape index (κ3) is 3.86. The van der Waals surface area contributed by atoms with Crippen molar-refractivity contribution in [3.05, 3.63) is 18.2 Å². The molecule has 0 saturated carbocycles. The summed E-state index contributed by atoms with van der Waals surface area (Å²) in [4.78, 5) is 0.211. The van der Waals surface area contributed by atoms with Gasteiger partial charge < -0.3 is 11.1 Å². The summed E-state index contributed by atoms with van der Waals surface area (Å²) in [5.74, 6) is 1.09. The minimum absolute atomic E-state index is 0.211. The number of nitrogens with zero attached hydrogens (tertiary/aromatic N) is 1. The molecule has 0 aromatic heterocycles. The van der Waals surface area contributed by atoms with Crippen LogP contribution in [-0.4, -0.2) is 33.4 Å². The normalized spacial score (nSPS) is 13.8. The van der Waals surface area contributed by atoms with Crippen LogP contribution in [0.25, 0.3) is 0 Å². The molecule has 3 N–H and O–H groups in total. The van der Waals surface area contributed by atoms with E-state index in [0.29, 0.717) is 17.5 Å². The van der Waals surface area contributed by atoms with Gasteiger partial charge in [-0.3, -0.25) is 0 Å². The second-order valence-corrected chi connectivity index (χ2v) is 7.79. The number of nitrogens with two attached hydrogens (primary N) is 1. The summed E-state index contributed by atoms with van der Waals surface area (Å²) in [5.41, 5.74) is 7.16. The maximum absolute atomic E-state index is 12.0. The first-order valence-electron chi connectivity index (χ1n) is 6.72. The molecular formula is C14H25N3O2S. The van der Waals surface area contributed by atoms with Crippen LogP contribution in [-0.2, 0) is 10.0 Å². The van der Waals surface area contributed by atoms with Gasteiger partial charge in [0.05, 0.1) is 16.3 Å². The average Bonchev–Trinajstić information content (AvgIpc) is 2.36. The molecule has 0 heterocycles. The van der Waals surface area contributed by atoms with Gasteiger partial charge in [0.25, 0.3) is 0 Å². The Morgan fingerprint density at radius 3 is 2.30 bits per heavy atom. The van der Waals surface area contributed by atoms with Crippen molar-refractivity contribution in [2.24, 2.45) is 11.8 Å². The topological polar surface area (TPSA) is 75.4 Å². The first-order chi connectivity index (χ1) is 9.16. The largest absolute Gasteiger partial charge is 0.397 e. The fourth-order valence-electron chi connectivity index (χ4n) is 1.58.